The molecule has 0 aromatic heterocycles. The van der Waals surface area contributed by atoms with Crippen LogP contribution in [0.15, 0.2) is 27.6 Å². The SMILES string of the molecule is CC1(CNS(=O)(=O)c2ccc(Cl)c(Br)c2)CCOCC1. The molecular formula is C13H17BrClNO3S. The highest BCUT2D eigenvalue weighted by molar-refractivity contribution is 9.10. The molecule has 1 aliphatic heterocycles. The zero-order chi connectivity index (χ0) is 14.8. The van der Waals surface area contributed by atoms with Gasteiger partial charge in [-0.15, -0.1) is 0 Å². The van der Waals surface area contributed by atoms with Crippen LogP contribution >= 0.6 is 27.5 Å². The zero-order valence-electron chi connectivity index (χ0n) is 11.2. The van der Waals surface area contributed by atoms with Gasteiger partial charge in [0, 0.05) is 24.2 Å². The molecule has 0 bridgehead atoms. The summed E-state index contributed by atoms with van der Waals surface area (Å²) < 4.78 is 33.1. The van der Waals surface area contributed by atoms with E-state index in [1.54, 1.807) is 6.07 Å². The van der Waals surface area contributed by atoms with E-state index in [-0.39, 0.29) is 10.3 Å². The summed E-state index contributed by atoms with van der Waals surface area (Å²) in [6.45, 7) is 3.87. The van der Waals surface area contributed by atoms with Crippen LogP contribution in [0.5, 0.6) is 0 Å². The van der Waals surface area contributed by atoms with Crippen molar-refractivity contribution in [3.63, 3.8) is 0 Å². The monoisotopic (exact) mass is 381 g/mol. The molecule has 20 heavy (non-hydrogen) atoms. The van der Waals surface area contributed by atoms with Gasteiger partial charge in [-0.25, -0.2) is 13.1 Å². The number of rotatable bonds is 4. The van der Waals surface area contributed by atoms with Crippen LogP contribution in [0.25, 0.3) is 0 Å². The van der Waals surface area contributed by atoms with Gasteiger partial charge in [-0.3, -0.25) is 0 Å². The second-order valence-corrected chi connectivity index (χ2v) is 8.35. The van der Waals surface area contributed by atoms with Crippen molar-refractivity contribution in [2.24, 2.45) is 5.41 Å². The Labute approximate surface area is 133 Å². The van der Waals surface area contributed by atoms with E-state index < -0.39 is 10.0 Å². The summed E-state index contributed by atoms with van der Waals surface area (Å²) in [6.07, 6.45) is 1.72. The van der Waals surface area contributed by atoms with Crippen molar-refractivity contribution in [2.45, 2.75) is 24.7 Å². The molecule has 1 heterocycles. The number of hydrogen-bond donors (Lipinski definition) is 1. The lowest BCUT2D eigenvalue weighted by molar-refractivity contribution is 0.0265. The van der Waals surface area contributed by atoms with Crippen LogP contribution in [0, 0.1) is 5.41 Å². The van der Waals surface area contributed by atoms with Crippen molar-refractivity contribution in [1.82, 2.24) is 4.72 Å². The van der Waals surface area contributed by atoms with Crippen LogP contribution in [0.2, 0.25) is 5.02 Å². The second-order valence-electron chi connectivity index (χ2n) is 5.32. The molecule has 7 heteroatoms. The molecule has 1 aromatic rings. The molecule has 0 spiro atoms. The topological polar surface area (TPSA) is 55.4 Å². The molecule has 0 saturated carbocycles. The van der Waals surface area contributed by atoms with Gasteiger partial charge in [0.1, 0.15) is 0 Å². The van der Waals surface area contributed by atoms with E-state index >= 15 is 0 Å². The molecular weight excluding hydrogens is 366 g/mol. The number of hydrogen-bond acceptors (Lipinski definition) is 3. The fraction of sp³-hybridized carbons (Fsp3) is 0.538. The molecule has 1 saturated heterocycles. The van der Waals surface area contributed by atoms with Gasteiger partial charge >= 0.3 is 0 Å². The fourth-order valence-corrected chi connectivity index (χ4v) is 3.91. The predicted octanol–water partition coefficient (Wildman–Crippen LogP) is 3.20. The van der Waals surface area contributed by atoms with E-state index in [2.05, 4.69) is 27.6 Å². The van der Waals surface area contributed by atoms with Crippen molar-refractivity contribution < 1.29 is 13.2 Å². The summed E-state index contributed by atoms with van der Waals surface area (Å²) in [4.78, 5) is 0.212. The highest BCUT2D eigenvalue weighted by atomic mass is 79.9. The van der Waals surface area contributed by atoms with Crippen molar-refractivity contribution in [3.8, 4) is 0 Å². The lowest BCUT2D eigenvalue weighted by atomic mass is 9.83. The standard InChI is InChI=1S/C13H17BrClNO3S/c1-13(4-6-19-7-5-13)9-16-20(17,18)10-2-3-12(15)11(14)8-10/h2-3,8,16H,4-7,9H2,1H3. The smallest absolute Gasteiger partial charge is 0.240 e. The molecule has 2 rings (SSSR count). The van der Waals surface area contributed by atoms with Gasteiger partial charge in [-0.1, -0.05) is 18.5 Å². The van der Waals surface area contributed by atoms with Crippen LogP contribution in [-0.4, -0.2) is 28.2 Å². The molecule has 1 N–H and O–H groups in total. The van der Waals surface area contributed by atoms with Gasteiger partial charge in [0.2, 0.25) is 10.0 Å². The Morgan fingerprint density at radius 1 is 1.40 bits per heavy atom. The van der Waals surface area contributed by atoms with E-state index in [0.29, 0.717) is 29.3 Å². The van der Waals surface area contributed by atoms with Gasteiger partial charge in [0.15, 0.2) is 0 Å². The van der Waals surface area contributed by atoms with E-state index in [0.717, 1.165) is 12.8 Å². The summed E-state index contributed by atoms with van der Waals surface area (Å²) >= 11 is 9.11. The third-order valence-electron chi connectivity index (χ3n) is 3.59. The maximum absolute atomic E-state index is 12.3. The Kier molecular flexibility index (Phi) is 5.13. The molecule has 1 fully saturated rings. The number of nitrogens with one attached hydrogen (secondary N) is 1. The first kappa shape index (κ1) is 16.2. The lowest BCUT2D eigenvalue weighted by Gasteiger charge is -2.33. The third kappa shape index (κ3) is 3.95. The Morgan fingerprint density at radius 3 is 2.65 bits per heavy atom. The van der Waals surface area contributed by atoms with Gasteiger partial charge < -0.3 is 4.74 Å². The quantitative estimate of drug-likeness (QED) is 0.870. The van der Waals surface area contributed by atoms with Crippen LogP contribution in [0.4, 0.5) is 0 Å². The summed E-state index contributed by atoms with van der Waals surface area (Å²) in [7, 11) is -3.52. The summed E-state index contributed by atoms with van der Waals surface area (Å²) in [5.74, 6) is 0. The highest BCUT2D eigenvalue weighted by Crippen LogP contribution is 2.30. The second kappa shape index (κ2) is 6.32. The molecule has 0 radical (unpaired) electrons. The van der Waals surface area contributed by atoms with Crippen molar-refractivity contribution in [2.75, 3.05) is 19.8 Å². The molecule has 0 aliphatic carbocycles. The molecule has 1 aliphatic rings. The van der Waals surface area contributed by atoms with E-state index in [1.165, 1.54) is 12.1 Å². The minimum atomic E-state index is -3.52. The van der Waals surface area contributed by atoms with Crippen LogP contribution in [-0.2, 0) is 14.8 Å². The van der Waals surface area contributed by atoms with Crippen LogP contribution < -0.4 is 4.72 Å². The predicted molar refractivity (Wildman–Crippen MR) is 82.5 cm³/mol. The maximum atomic E-state index is 12.3. The Hall–Kier alpha value is -0.140. The summed E-state index contributed by atoms with van der Waals surface area (Å²) in [6, 6.07) is 4.58. The molecule has 112 valence electrons. The highest BCUT2D eigenvalue weighted by Gasteiger charge is 2.29. The van der Waals surface area contributed by atoms with Crippen LogP contribution in [0.1, 0.15) is 19.8 Å². The molecule has 1 aromatic carbocycles. The van der Waals surface area contributed by atoms with E-state index in [9.17, 15) is 8.42 Å². The third-order valence-corrected chi connectivity index (χ3v) is 6.20. The van der Waals surface area contributed by atoms with Gasteiger partial charge in [0.05, 0.1) is 9.92 Å². The number of benzene rings is 1. The molecule has 4 nitrogen and oxygen atoms in total. The average molecular weight is 383 g/mol. The van der Waals surface area contributed by atoms with Gasteiger partial charge in [-0.2, -0.15) is 0 Å². The van der Waals surface area contributed by atoms with Gasteiger partial charge in [-0.05, 0) is 52.4 Å². The largest absolute Gasteiger partial charge is 0.381 e. The minimum absolute atomic E-state index is 0.0466. The fourth-order valence-electron chi connectivity index (χ4n) is 2.04. The first-order chi connectivity index (χ1) is 9.32. The van der Waals surface area contributed by atoms with Crippen molar-refractivity contribution in [1.29, 1.82) is 0 Å². The molecule has 0 unspecified atom stereocenters. The van der Waals surface area contributed by atoms with Crippen LogP contribution in [0.3, 0.4) is 0 Å². The van der Waals surface area contributed by atoms with Crippen molar-refractivity contribution >= 4 is 37.6 Å². The molecule has 0 atom stereocenters. The zero-order valence-corrected chi connectivity index (χ0v) is 14.3. The van der Waals surface area contributed by atoms with E-state index in [1.807, 2.05) is 0 Å². The molecule has 0 amide bonds. The van der Waals surface area contributed by atoms with E-state index in [4.69, 9.17) is 16.3 Å². The average Bonchev–Trinajstić information content (AvgIpc) is 2.41. The maximum Gasteiger partial charge on any atom is 0.240 e. The Bertz CT molecular complexity index is 585. The minimum Gasteiger partial charge on any atom is -0.381 e. The Morgan fingerprint density at radius 2 is 2.05 bits per heavy atom. The van der Waals surface area contributed by atoms with Gasteiger partial charge in [0.25, 0.3) is 0 Å². The number of halogens is 2. The number of sulfonamides is 1. The summed E-state index contributed by atoms with van der Waals surface area (Å²) in [5, 5.41) is 0.486. The lowest BCUT2D eigenvalue weighted by Crippen LogP contribution is -2.39. The first-order valence-electron chi connectivity index (χ1n) is 6.35. The normalized spacial score (nSPS) is 18.9. The van der Waals surface area contributed by atoms with Crippen molar-refractivity contribution in [3.05, 3.63) is 27.7 Å². The Balaban J connectivity index is 2.09. The number of ether oxygens (including phenoxy) is 1. The summed E-state index contributed by atoms with van der Waals surface area (Å²) in [5.41, 5.74) is -0.0466. The first-order valence-corrected chi connectivity index (χ1v) is 9.00.